The molecule has 0 aliphatic carbocycles. The highest BCUT2D eigenvalue weighted by Gasteiger charge is 2.31. The van der Waals surface area contributed by atoms with E-state index in [1.165, 1.54) is 12.1 Å². The first kappa shape index (κ1) is 23.2. The number of sulfonamides is 1. The minimum Gasteiger partial charge on any atom is -0.350 e. The van der Waals surface area contributed by atoms with Gasteiger partial charge in [0.1, 0.15) is 6.54 Å². The Morgan fingerprint density at radius 3 is 2.07 bits per heavy atom. The summed E-state index contributed by atoms with van der Waals surface area (Å²) in [5, 5.41) is 3.23. The van der Waals surface area contributed by atoms with Gasteiger partial charge in [-0.1, -0.05) is 62.7 Å². The third-order valence-corrected chi connectivity index (χ3v) is 6.28. The number of benzene rings is 2. The molecule has 0 saturated heterocycles. The van der Waals surface area contributed by atoms with Gasteiger partial charge in [-0.15, -0.1) is 0 Å². The second-order valence-electron chi connectivity index (χ2n) is 8.95. The zero-order valence-electron chi connectivity index (χ0n) is 17.6. The number of anilines is 1. The highest BCUT2D eigenvalue weighted by molar-refractivity contribution is 7.92. The van der Waals surface area contributed by atoms with E-state index in [0.717, 1.165) is 10.7 Å². The minimum atomic E-state index is -3.97. The number of nitrogens with one attached hydrogen (secondary N) is 1. The molecule has 7 heteroatoms. The van der Waals surface area contributed by atoms with Gasteiger partial charge < -0.3 is 5.32 Å². The van der Waals surface area contributed by atoms with Gasteiger partial charge >= 0.3 is 0 Å². The fourth-order valence-corrected chi connectivity index (χ4v) is 5.34. The maximum atomic E-state index is 13.3. The zero-order valence-corrected chi connectivity index (χ0v) is 19.1. The first-order valence-corrected chi connectivity index (χ1v) is 11.3. The van der Waals surface area contributed by atoms with E-state index < -0.39 is 21.5 Å². The van der Waals surface area contributed by atoms with Gasteiger partial charge in [-0.3, -0.25) is 9.10 Å². The highest BCUT2D eigenvalue weighted by Crippen LogP contribution is 2.31. The van der Waals surface area contributed by atoms with E-state index in [9.17, 15) is 13.2 Å². The number of carbonyl (C=O) groups is 1. The van der Waals surface area contributed by atoms with Crippen molar-refractivity contribution in [3.63, 3.8) is 0 Å². The van der Waals surface area contributed by atoms with Crippen LogP contribution in [0.25, 0.3) is 0 Å². The quantitative estimate of drug-likeness (QED) is 0.673. The number of hydrogen-bond donors (Lipinski definition) is 1. The number of carbonyl (C=O) groups excluding carboxylic acids is 1. The molecule has 0 unspecified atom stereocenters. The van der Waals surface area contributed by atoms with Gasteiger partial charge in [0.15, 0.2) is 0 Å². The maximum absolute atomic E-state index is 13.3. The Bertz CT molecular complexity index is 952. The molecule has 1 amide bonds. The lowest BCUT2D eigenvalue weighted by Gasteiger charge is -2.34. The molecule has 0 aliphatic rings. The molecule has 2 rings (SSSR count). The van der Waals surface area contributed by atoms with E-state index in [0.29, 0.717) is 0 Å². The predicted octanol–water partition coefficient (Wildman–Crippen LogP) is 4.87. The molecule has 2 aromatic carbocycles. The second kappa shape index (κ2) is 8.76. The summed E-state index contributed by atoms with van der Waals surface area (Å²) in [5.41, 5.74) is -0.213. The van der Waals surface area contributed by atoms with Gasteiger partial charge in [0.25, 0.3) is 10.0 Å². The van der Waals surface area contributed by atoms with Crippen molar-refractivity contribution in [3.05, 3.63) is 59.6 Å². The summed E-state index contributed by atoms with van der Waals surface area (Å²) in [6.45, 7) is 9.78. The van der Waals surface area contributed by atoms with Crippen LogP contribution in [0.2, 0.25) is 5.02 Å². The largest absolute Gasteiger partial charge is 0.350 e. The number of amides is 1. The average molecular weight is 437 g/mol. The summed E-state index contributed by atoms with van der Waals surface area (Å²) in [7, 11) is -3.97. The van der Waals surface area contributed by atoms with Crippen LogP contribution in [0.1, 0.15) is 41.0 Å². The number of para-hydroxylation sites is 1. The summed E-state index contributed by atoms with van der Waals surface area (Å²) in [6.07, 6.45) is 0.739. The number of nitrogens with zero attached hydrogens (tertiary/aromatic N) is 1. The summed E-state index contributed by atoms with van der Waals surface area (Å²) in [6, 6.07) is 14.6. The molecule has 158 valence electrons. The lowest BCUT2D eigenvalue weighted by Crippen LogP contribution is -2.50. The predicted molar refractivity (Wildman–Crippen MR) is 119 cm³/mol. The van der Waals surface area contributed by atoms with Crippen molar-refractivity contribution in [1.82, 2.24) is 5.32 Å². The van der Waals surface area contributed by atoms with Gasteiger partial charge in [0.2, 0.25) is 5.91 Å². The molecule has 5 nitrogen and oxygen atoms in total. The van der Waals surface area contributed by atoms with E-state index in [1.54, 1.807) is 42.5 Å². The topological polar surface area (TPSA) is 66.5 Å². The number of halogens is 1. The van der Waals surface area contributed by atoms with Crippen molar-refractivity contribution in [2.45, 2.75) is 51.5 Å². The van der Waals surface area contributed by atoms with Gasteiger partial charge in [-0.2, -0.15) is 0 Å². The van der Waals surface area contributed by atoms with Crippen molar-refractivity contribution in [2.75, 3.05) is 10.8 Å². The van der Waals surface area contributed by atoms with Crippen LogP contribution in [-0.2, 0) is 14.8 Å². The Labute approximate surface area is 179 Å². The van der Waals surface area contributed by atoms with Crippen LogP contribution in [0.15, 0.2) is 59.5 Å². The number of rotatable bonds is 7. The molecule has 0 aliphatic heterocycles. The van der Waals surface area contributed by atoms with Crippen LogP contribution in [0.3, 0.4) is 0 Å². The molecule has 0 aromatic heterocycles. The highest BCUT2D eigenvalue weighted by atomic mass is 35.5. The molecule has 0 spiro atoms. The third kappa shape index (κ3) is 6.47. The minimum absolute atomic E-state index is 0.00925. The van der Waals surface area contributed by atoms with Crippen LogP contribution < -0.4 is 9.62 Å². The molecule has 0 heterocycles. The molecular weight excluding hydrogens is 408 g/mol. The van der Waals surface area contributed by atoms with Crippen molar-refractivity contribution in [1.29, 1.82) is 0 Å². The van der Waals surface area contributed by atoms with Crippen molar-refractivity contribution in [2.24, 2.45) is 5.41 Å². The van der Waals surface area contributed by atoms with Gasteiger partial charge in [-0.25, -0.2) is 8.42 Å². The van der Waals surface area contributed by atoms with Crippen LogP contribution in [0, 0.1) is 5.41 Å². The molecule has 29 heavy (non-hydrogen) atoms. The van der Waals surface area contributed by atoms with Gasteiger partial charge in [0.05, 0.1) is 15.6 Å². The second-order valence-corrected chi connectivity index (χ2v) is 11.2. The third-order valence-electron chi connectivity index (χ3n) is 4.19. The van der Waals surface area contributed by atoms with Gasteiger partial charge in [-0.05, 0) is 49.9 Å². The maximum Gasteiger partial charge on any atom is 0.264 e. The van der Waals surface area contributed by atoms with Crippen molar-refractivity contribution < 1.29 is 13.2 Å². The molecule has 2 aromatic rings. The Balaban J connectivity index is 2.37. The van der Waals surface area contributed by atoms with E-state index in [4.69, 9.17) is 11.6 Å². The summed E-state index contributed by atoms with van der Waals surface area (Å²) in [4.78, 5) is 13.0. The Kier molecular flexibility index (Phi) is 7.01. The van der Waals surface area contributed by atoms with Crippen molar-refractivity contribution in [3.8, 4) is 0 Å². The van der Waals surface area contributed by atoms with Crippen LogP contribution >= 0.6 is 11.6 Å². The normalized spacial score (nSPS) is 12.5. The van der Waals surface area contributed by atoms with E-state index in [-0.39, 0.29) is 27.6 Å². The molecule has 1 N–H and O–H groups in total. The molecule has 0 saturated carbocycles. The molecule has 0 atom stereocenters. The monoisotopic (exact) mass is 436 g/mol. The van der Waals surface area contributed by atoms with Crippen molar-refractivity contribution >= 4 is 33.2 Å². The molecule has 0 radical (unpaired) electrons. The summed E-state index contributed by atoms with van der Waals surface area (Å²) < 4.78 is 27.7. The zero-order chi connectivity index (χ0) is 21.9. The lowest BCUT2D eigenvalue weighted by molar-refractivity contribution is -0.121. The summed E-state index contributed by atoms with van der Waals surface area (Å²) in [5.74, 6) is -0.390. The van der Waals surface area contributed by atoms with E-state index in [1.807, 2.05) is 13.8 Å². The first-order valence-electron chi connectivity index (χ1n) is 9.45. The molecule has 0 fully saturated rings. The smallest absolute Gasteiger partial charge is 0.264 e. The molecule has 0 bridgehead atoms. The fourth-order valence-electron chi connectivity index (χ4n) is 3.59. The van der Waals surface area contributed by atoms with Crippen LogP contribution in [0.4, 0.5) is 5.69 Å². The Morgan fingerprint density at radius 2 is 1.52 bits per heavy atom. The number of hydrogen-bond acceptors (Lipinski definition) is 3. The van der Waals surface area contributed by atoms with E-state index in [2.05, 4.69) is 26.1 Å². The Hall–Kier alpha value is -2.05. The van der Waals surface area contributed by atoms with Crippen LogP contribution in [-0.4, -0.2) is 26.4 Å². The Morgan fingerprint density at radius 1 is 0.966 bits per heavy atom. The van der Waals surface area contributed by atoms with E-state index >= 15 is 0 Å². The first-order chi connectivity index (χ1) is 13.3. The summed E-state index contributed by atoms with van der Waals surface area (Å²) >= 11 is 6.28. The standard InChI is InChI=1S/C22H29ClN2O3S/c1-21(2,3)16-22(4,5)24-20(26)15-25(19-14-10-9-13-18(19)23)29(27,28)17-11-7-6-8-12-17/h6-14H,15-16H2,1-5H3,(H,24,26). The van der Waals surface area contributed by atoms with Crippen LogP contribution in [0.5, 0.6) is 0 Å². The lowest BCUT2D eigenvalue weighted by atomic mass is 9.82. The fraction of sp³-hybridized carbons (Fsp3) is 0.409. The average Bonchev–Trinajstić information content (AvgIpc) is 2.58. The SMILES string of the molecule is CC(C)(C)CC(C)(C)NC(=O)CN(c1ccccc1Cl)S(=O)(=O)c1ccccc1. The molecular formula is C22H29ClN2O3S. The van der Waals surface area contributed by atoms with Gasteiger partial charge in [0, 0.05) is 5.54 Å².